The minimum Gasteiger partial charge on any atom is -0.481 e. The molecule has 2 amide bonds. The third-order valence-electron chi connectivity index (χ3n) is 3.10. The second kappa shape index (κ2) is 5.00. The van der Waals surface area contributed by atoms with Crippen molar-refractivity contribution in [2.75, 3.05) is 0 Å². The Hall–Kier alpha value is -2.17. The van der Waals surface area contributed by atoms with Crippen molar-refractivity contribution in [3.8, 4) is 0 Å². The van der Waals surface area contributed by atoms with Gasteiger partial charge in [0.1, 0.15) is 0 Å². The van der Waals surface area contributed by atoms with E-state index in [9.17, 15) is 14.4 Å². The number of nitrogens with one attached hydrogen (secondary N) is 1. The van der Waals surface area contributed by atoms with Crippen LogP contribution in [0, 0.1) is 5.92 Å². The van der Waals surface area contributed by atoms with E-state index in [0.717, 1.165) is 19.3 Å². The number of carboxylic acids is 1. The first kappa shape index (κ1) is 12.3. The summed E-state index contributed by atoms with van der Waals surface area (Å²) in [5.41, 5.74) is 0.940. The SMILES string of the molecule is O=C(O)C1CCC1.O=C1NC(=O)c2ccccc21. The first-order chi connectivity index (χ1) is 8.59. The number of aliphatic carboxylic acids is 1. The molecule has 0 spiro atoms. The molecule has 0 bridgehead atoms. The third-order valence-corrected chi connectivity index (χ3v) is 3.10. The number of amides is 2. The molecule has 1 heterocycles. The molecular formula is C13H13NO4. The van der Waals surface area contributed by atoms with Crippen LogP contribution in [-0.4, -0.2) is 22.9 Å². The Balaban J connectivity index is 0.000000149. The molecule has 1 fully saturated rings. The van der Waals surface area contributed by atoms with E-state index in [1.165, 1.54) is 0 Å². The lowest BCUT2D eigenvalue weighted by Gasteiger charge is -2.19. The molecule has 1 aromatic carbocycles. The van der Waals surface area contributed by atoms with Crippen LogP contribution in [0.4, 0.5) is 0 Å². The fraction of sp³-hybridized carbons (Fsp3) is 0.308. The number of carbonyl (C=O) groups is 3. The molecule has 0 radical (unpaired) electrons. The molecular weight excluding hydrogens is 234 g/mol. The molecule has 0 aromatic heterocycles. The Bertz CT molecular complexity index is 472. The van der Waals surface area contributed by atoms with Crippen LogP contribution < -0.4 is 5.32 Å². The molecule has 1 aromatic rings. The Morgan fingerprint density at radius 3 is 1.89 bits per heavy atom. The Kier molecular flexibility index (Phi) is 3.41. The van der Waals surface area contributed by atoms with Gasteiger partial charge in [-0.25, -0.2) is 0 Å². The summed E-state index contributed by atoms with van der Waals surface area (Å²) >= 11 is 0. The van der Waals surface area contributed by atoms with Crippen molar-refractivity contribution in [1.29, 1.82) is 0 Å². The maximum Gasteiger partial charge on any atom is 0.306 e. The van der Waals surface area contributed by atoms with E-state index in [1.807, 2.05) is 0 Å². The maximum absolute atomic E-state index is 10.9. The first-order valence-corrected chi connectivity index (χ1v) is 5.77. The molecule has 5 nitrogen and oxygen atoms in total. The molecule has 1 aliphatic heterocycles. The number of hydrogen-bond acceptors (Lipinski definition) is 3. The molecule has 5 heteroatoms. The van der Waals surface area contributed by atoms with E-state index in [0.29, 0.717) is 11.1 Å². The van der Waals surface area contributed by atoms with Crippen molar-refractivity contribution in [2.45, 2.75) is 19.3 Å². The molecule has 94 valence electrons. The van der Waals surface area contributed by atoms with E-state index in [-0.39, 0.29) is 17.7 Å². The van der Waals surface area contributed by atoms with Crippen molar-refractivity contribution in [1.82, 2.24) is 5.32 Å². The predicted molar refractivity (Wildman–Crippen MR) is 63.2 cm³/mol. The van der Waals surface area contributed by atoms with Gasteiger partial charge in [0.15, 0.2) is 0 Å². The fourth-order valence-corrected chi connectivity index (χ4v) is 1.77. The zero-order chi connectivity index (χ0) is 13.1. The van der Waals surface area contributed by atoms with E-state index in [2.05, 4.69) is 5.32 Å². The lowest BCUT2D eigenvalue weighted by molar-refractivity contribution is -0.144. The quantitative estimate of drug-likeness (QED) is 0.735. The highest BCUT2D eigenvalue weighted by Crippen LogP contribution is 2.25. The average molecular weight is 247 g/mol. The van der Waals surface area contributed by atoms with Crippen LogP contribution in [0.3, 0.4) is 0 Å². The number of carboxylic acid groups (broad SMARTS) is 1. The highest BCUT2D eigenvalue weighted by molar-refractivity contribution is 6.21. The van der Waals surface area contributed by atoms with E-state index < -0.39 is 5.97 Å². The summed E-state index contributed by atoms with van der Waals surface area (Å²) in [5.74, 6) is -1.22. The summed E-state index contributed by atoms with van der Waals surface area (Å²) in [6.07, 6.45) is 2.90. The molecule has 0 saturated heterocycles. The van der Waals surface area contributed by atoms with Crippen LogP contribution in [0.15, 0.2) is 24.3 Å². The fourth-order valence-electron chi connectivity index (χ4n) is 1.77. The van der Waals surface area contributed by atoms with Gasteiger partial charge in [-0.05, 0) is 25.0 Å². The Labute approximate surface area is 104 Å². The van der Waals surface area contributed by atoms with Gasteiger partial charge in [0.25, 0.3) is 11.8 Å². The summed E-state index contributed by atoms with van der Waals surface area (Å²) < 4.78 is 0. The zero-order valence-corrected chi connectivity index (χ0v) is 9.68. The second-order valence-corrected chi connectivity index (χ2v) is 4.29. The number of carbonyl (C=O) groups excluding carboxylic acids is 2. The predicted octanol–water partition coefficient (Wildman–Crippen LogP) is 1.44. The third kappa shape index (κ3) is 2.40. The lowest BCUT2D eigenvalue weighted by atomic mass is 9.86. The molecule has 2 N–H and O–H groups in total. The minimum absolute atomic E-state index is 0.000000000000000444. The van der Waals surface area contributed by atoms with Gasteiger partial charge in [-0.2, -0.15) is 0 Å². The van der Waals surface area contributed by atoms with Crippen LogP contribution in [-0.2, 0) is 4.79 Å². The first-order valence-electron chi connectivity index (χ1n) is 5.77. The van der Waals surface area contributed by atoms with Crippen LogP contribution in [0.1, 0.15) is 40.0 Å². The highest BCUT2D eigenvalue weighted by Gasteiger charge is 2.25. The Morgan fingerprint density at radius 1 is 1.11 bits per heavy atom. The molecule has 0 atom stereocenters. The van der Waals surface area contributed by atoms with Crippen LogP contribution >= 0.6 is 0 Å². The summed E-state index contributed by atoms with van der Waals surface area (Å²) in [4.78, 5) is 31.9. The minimum atomic E-state index is -0.619. The molecule has 2 aliphatic rings. The molecule has 1 aliphatic carbocycles. The van der Waals surface area contributed by atoms with E-state index in [1.54, 1.807) is 24.3 Å². The summed E-state index contributed by atoms with van der Waals surface area (Å²) in [5, 5.41) is 10.4. The zero-order valence-electron chi connectivity index (χ0n) is 9.68. The van der Waals surface area contributed by atoms with Gasteiger partial charge in [0, 0.05) is 0 Å². The number of benzene rings is 1. The molecule has 3 rings (SSSR count). The van der Waals surface area contributed by atoms with Gasteiger partial charge < -0.3 is 5.11 Å². The van der Waals surface area contributed by atoms with Crippen molar-refractivity contribution < 1.29 is 19.5 Å². The van der Waals surface area contributed by atoms with Gasteiger partial charge in [-0.15, -0.1) is 0 Å². The van der Waals surface area contributed by atoms with Gasteiger partial charge in [-0.3, -0.25) is 19.7 Å². The normalized spacial score (nSPS) is 17.1. The summed E-state index contributed by atoms with van der Waals surface area (Å²) in [6.45, 7) is 0. The largest absolute Gasteiger partial charge is 0.481 e. The van der Waals surface area contributed by atoms with Gasteiger partial charge >= 0.3 is 5.97 Å². The van der Waals surface area contributed by atoms with Crippen molar-refractivity contribution in [3.63, 3.8) is 0 Å². The van der Waals surface area contributed by atoms with Crippen molar-refractivity contribution in [3.05, 3.63) is 35.4 Å². The average Bonchev–Trinajstić information content (AvgIpc) is 2.53. The van der Waals surface area contributed by atoms with Gasteiger partial charge in [-0.1, -0.05) is 18.6 Å². The summed E-state index contributed by atoms with van der Waals surface area (Å²) in [6, 6.07) is 6.74. The molecule has 0 unspecified atom stereocenters. The van der Waals surface area contributed by atoms with Crippen LogP contribution in [0.2, 0.25) is 0 Å². The van der Waals surface area contributed by atoms with Crippen LogP contribution in [0.25, 0.3) is 0 Å². The van der Waals surface area contributed by atoms with Gasteiger partial charge in [0.05, 0.1) is 17.0 Å². The summed E-state index contributed by atoms with van der Waals surface area (Å²) in [7, 11) is 0. The number of hydrogen-bond donors (Lipinski definition) is 2. The standard InChI is InChI=1S/C8H5NO2.C5H8O2/c10-7-5-3-1-2-4-6(5)8(11)9-7;6-5(7)4-2-1-3-4/h1-4H,(H,9,10,11);4H,1-3H2,(H,6,7). The van der Waals surface area contributed by atoms with Crippen molar-refractivity contribution >= 4 is 17.8 Å². The number of imide groups is 1. The molecule has 18 heavy (non-hydrogen) atoms. The number of fused-ring (bicyclic) bond motifs is 1. The van der Waals surface area contributed by atoms with Crippen molar-refractivity contribution in [2.24, 2.45) is 5.92 Å². The topological polar surface area (TPSA) is 83.5 Å². The van der Waals surface area contributed by atoms with Crippen LogP contribution in [0.5, 0.6) is 0 Å². The van der Waals surface area contributed by atoms with E-state index in [4.69, 9.17) is 5.11 Å². The lowest BCUT2D eigenvalue weighted by Crippen LogP contribution is -2.20. The maximum atomic E-state index is 10.9. The number of rotatable bonds is 1. The van der Waals surface area contributed by atoms with Gasteiger partial charge in [0.2, 0.25) is 0 Å². The van der Waals surface area contributed by atoms with E-state index >= 15 is 0 Å². The highest BCUT2D eigenvalue weighted by atomic mass is 16.4. The second-order valence-electron chi connectivity index (χ2n) is 4.29. The smallest absolute Gasteiger partial charge is 0.306 e. The monoisotopic (exact) mass is 247 g/mol. The molecule has 1 saturated carbocycles. The Morgan fingerprint density at radius 2 is 1.61 bits per heavy atom.